The lowest BCUT2D eigenvalue weighted by Crippen LogP contribution is -2.42. The summed E-state index contributed by atoms with van der Waals surface area (Å²) in [7, 11) is 0. The number of halogens is 1. The summed E-state index contributed by atoms with van der Waals surface area (Å²) in [4.78, 5) is 14.3. The fourth-order valence-electron chi connectivity index (χ4n) is 4.14. The van der Waals surface area contributed by atoms with Gasteiger partial charge in [0.2, 0.25) is 11.8 Å². The average Bonchev–Trinajstić information content (AvgIpc) is 3.23. The zero-order chi connectivity index (χ0) is 23.5. The van der Waals surface area contributed by atoms with Crippen molar-refractivity contribution in [1.29, 1.82) is 0 Å². The van der Waals surface area contributed by atoms with Crippen LogP contribution in [-0.2, 0) is 6.54 Å². The molecule has 176 valence electrons. The van der Waals surface area contributed by atoms with E-state index in [1.54, 1.807) is 30.5 Å². The third kappa shape index (κ3) is 5.16. The molecule has 0 bridgehead atoms. The Kier molecular flexibility index (Phi) is 6.66. The molecule has 5 rings (SSSR count). The summed E-state index contributed by atoms with van der Waals surface area (Å²) in [6.45, 7) is 7.08. The zero-order valence-corrected chi connectivity index (χ0v) is 20.0. The van der Waals surface area contributed by atoms with Crippen LogP contribution in [0.3, 0.4) is 0 Å². The standard InChI is InChI=1S/C25H27FN6OS/c1-17-14-20-21(28-17)6-7-22(24(20)26)33-23-8-9-27-25(30-23)29-19-5-3-4-18(15-19)16-31-10-12-32(34-2)13-11-31/h3-9,14-15,28H,10-13,16H2,1-2H3,(H,27,29,30). The first-order chi connectivity index (χ1) is 16.6. The molecule has 1 aliphatic heterocycles. The van der Waals surface area contributed by atoms with E-state index in [0.717, 1.165) is 49.6 Å². The number of hydrogen-bond donors (Lipinski definition) is 2. The van der Waals surface area contributed by atoms with Crippen molar-refractivity contribution >= 4 is 34.5 Å². The minimum absolute atomic E-state index is 0.125. The summed E-state index contributed by atoms with van der Waals surface area (Å²) in [5.74, 6) is 0.369. The number of ether oxygens (including phenoxy) is 1. The van der Waals surface area contributed by atoms with E-state index in [2.05, 4.69) is 47.9 Å². The van der Waals surface area contributed by atoms with Crippen LogP contribution >= 0.6 is 11.9 Å². The molecule has 4 aromatic rings. The third-order valence-electron chi connectivity index (χ3n) is 5.86. The Hall–Kier alpha value is -3.14. The molecular formula is C25H27FN6OS. The first-order valence-corrected chi connectivity index (χ1v) is 12.4. The predicted molar refractivity (Wildman–Crippen MR) is 135 cm³/mol. The fourth-order valence-corrected chi connectivity index (χ4v) is 4.67. The van der Waals surface area contributed by atoms with Gasteiger partial charge in [-0.2, -0.15) is 4.98 Å². The quantitative estimate of drug-likeness (QED) is 0.348. The lowest BCUT2D eigenvalue weighted by Gasteiger charge is -2.33. The number of hydrogen-bond acceptors (Lipinski definition) is 7. The number of nitrogens with zero attached hydrogens (tertiary/aromatic N) is 4. The average molecular weight is 479 g/mol. The lowest BCUT2D eigenvalue weighted by molar-refractivity contribution is 0.189. The second-order valence-corrected chi connectivity index (χ2v) is 9.21. The van der Waals surface area contributed by atoms with Crippen LogP contribution in [0.5, 0.6) is 11.6 Å². The van der Waals surface area contributed by atoms with E-state index in [9.17, 15) is 4.39 Å². The number of fused-ring (bicyclic) bond motifs is 1. The maximum atomic E-state index is 14.9. The van der Waals surface area contributed by atoms with Crippen molar-refractivity contribution in [3.8, 4) is 11.6 Å². The Morgan fingerprint density at radius 2 is 1.97 bits per heavy atom. The van der Waals surface area contributed by atoms with Crippen LogP contribution in [0.4, 0.5) is 16.0 Å². The van der Waals surface area contributed by atoms with E-state index < -0.39 is 5.82 Å². The Morgan fingerprint density at radius 1 is 1.12 bits per heavy atom. The van der Waals surface area contributed by atoms with Gasteiger partial charge in [-0.15, -0.1) is 0 Å². The summed E-state index contributed by atoms with van der Waals surface area (Å²) < 4.78 is 23.0. The Balaban J connectivity index is 1.26. The minimum atomic E-state index is -0.416. The van der Waals surface area contributed by atoms with Crippen molar-refractivity contribution in [2.24, 2.45) is 0 Å². The van der Waals surface area contributed by atoms with Crippen LogP contribution in [-0.4, -0.2) is 56.6 Å². The molecule has 0 radical (unpaired) electrons. The molecule has 0 saturated carbocycles. The number of anilines is 2. The molecular weight excluding hydrogens is 451 g/mol. The molecule has 2 N–H and O–H groups in total. The van der Waals surface area contributed by atoms with Gasteiger partial charge in [-0.1, -0.05) is 24.1 Å². The largest absolute Gasteiger partial charge is 0.436 e. The molecule has 0 atom stereocenters. The van der Waals surface area contributed by atoms with Crippen LogP contribution in [0, 0.1) is 12.7 Å². The number of nitrogens with one attached hydrogen (secondary N) is 2. The van der Waals surface area contributed by atoms with E-state index in [4.69, 9.17) is 4.74 Å². The highest BCUT2D eigenvalue weighted by molar-refractivity contribution is 7.96. The normalized spacial score (nSPS) is 15.0. The fraction of sp³-hybridized carbons (Fsp3) is 0.280. The number of aromatic nitrogens is 3. The van der Waals surface area contributed by atoms with E-state index in [-0.39, 0.29) is 11.6 Å². The van der Waals surface area contributed by atoms with Gasteiger partial charge in [-0.3, -0.25) is 4.90 Å². The van der Waals surface area contributed by atoms with Gasteiger partial charge in [0.25, 0.3) is 0 Å². The van der Waals surface area contributed by atoms with Crippen LogP contribution in [0.2, 0.25) is 0 Å². The van der Waals surface area contributed by atoms with E-state index >= 15 is 0 Å². The van der Waals surface area contributed by atoms with Gasteiger partial charge in [-0.05, 0) is 49.1 Å². The summed E-state index contributed by atoms with van der Waals surface area (Å²) in [5, 5.41) is 3.73. The lowest BCUT2D eigenvalue weighted by atomic mass is 10.2. The molecule has 34 heavy (non-hydrogen) atoms. The Morgan fingerprint density at radius 3 is 2.79 bits per heavy atom. The number of aryl methyl sites for hydroxylation is 1. The van der Waals surface area contributed by atoms with Gasteiger partial charge >= 0.3 is 0 Å². The number of rotatable bonds is 7. The molecule has 2 aromatic heterocycles. The topological polar surface area (TPSA) is 69.3 Å². The van der Waals surface area contributed by atoms with Gasteiger partial charge < -0.3 is 15.0 Å². The Labute approximate surface area is 202 Å². The molecule has 0 amide bonds. The van der Waals surface area contributed by atoms with Gasteiger partial charge in [0, 0.05) is 67.3 Å². The van der Waals surface area contributed by atoms with Crippen LogP contribution in [0.15, 0.2) is 54.7 Å². The number of aromatic amines is 1. The maximum absolute atomic E-state index is 14.9. The smallest absolute Gasteiger partial charge is 0.230 e. The van der Waals surface area contributed by atoms with Crippen molar-refractivity contribution in [2.45, 2.75) is 13.5 Å². The molecule has 9 heteroatoms. The van der Waals surface area contributed by atoms with Crippen molar-refractivity contribution in [2.75, 3.05) is 37.8 Å². The van der Waals surface area contributed by atoms with Gasteiger partial charge in [0.05, 0.1) is 0 Å². The summed E-state index contributed by atoms with van der Waals surface area (Å²) in [6, 6.07) is 15.0. The molecule has 0 unspecified atom stereocenters. The second kappa shape index (κ2) is 10.0. The summed E-state index contributed by atoms with van der Waals surface area (Å²) in [6.07, 6.45) is 3.72. The third-order valence-corrected chi connectivity index (χ3v) is 6.74. The molecule has 7 nitrogen and oxygen atoms in total. The van der Waals surface area contributed by atoms with Crippen molar-refractivity contribution < 1.29 is 9.13 Å². The van der Waals surface area contributed by atoms with Crippen molar-refractivity contribution in [1.82, 2.24) is 24.2 Å². The molecule has 0 aliphatic carbocycles. The van der Waals surface area contributed by atoms with E-state index in [1.807, 2.05) is 31.0 Å². The monoisotopic (exact) mass is 478 g/mol. The SMILES string of the molecule is CSN1CCN(Cc2cccc(Nc3nccc(Oc4ccc5[nH]c(C)cc5c4F)n3)c2)CC1. The highest BCUT2D eigenvalue weighted by Gasteiger charge is 2.16. The maximum Gasteiger partial charge on any atom is 0.230 e. The highest BCUT2D eigenvalue weighted by atomic mass is 32.2. The first kappa shape index (κ1) is 22.6. The van der Waals surface area contributed by atoms with E-state index in [1.165, 1.54) is 5.56 Å². The van der Waals surface area contributed by atoms with Gasteiger partial charge in [0.15, 0.2) is 11.6 Å². The number of piperazine rings is 1. The highest BCUT2D eigenvalue weighted by Crippen LogP contribution is 2.30. The molecule has 2 aromatic carbocycles. The number of benzene rings is 2. The second-order valence-electron chi connectivity index (χ2n) is 8.32. The van der Waals surface area contributed by atoms with Gasteiger partial charge in [0.1, 0.15) is 0 Å². The predicted octanol–water partition coefficient (Wildman–Crippen LogP) is 5.34. The summed E-state index contributed by atoms with van der Waals surface area (Å²) >= 11 is 1.81. The molecule has 3 heterocycles. The number of H-pyrrole nitrogens is 1. The van der Waals surface area contributed by atoms with Crippen LogP contribution in [0.1, 0.15) is 11.3 Å². The zero-order valence-electron chi connectivity index (χ0n) is 19.2. The molecule has 1 aliphatic rings. The van der Waals surface area contributed by atoms with Crippen molar-refractivity contribution in [3.05, 3.63) is 71.8 Å². The minimum Gasteiger partial charge on any atom is -0.436 e. The molecule has 0 spiro atoms. The molecule has 1 saturated heterocycles. The Bertz CT molecular complexity index is 1290. The van der Waals surface area contributed by atoms with Crippen molar-refractivity contribution in [3.63, 3.8) is 0 Å². The summed E-state index contributed by atoms with van der Waals surface area (Å²) in [5.41, 5.74) is 3.75. The van der Waals surface area contributed by atoms with Gasteiger partial charge in [-0.25, -0.2) is 13.7 Å². The van der Waals surface area contributed by atoms with Crippen LogP contribution < -0.4 is 10.1 Å². The van der Waals surface area contributed by atoms with Crippen LogP contribution in [0.25, 0.3) is 10.9 Å². The molecule has 1 fully saturated rings. The van der Waals surface area contributed by atoms with E-state index in [0.29, 0.717) is 11.3 Å². The first-order valence-electron chi connectivity index (χ1n) is 11.2.